The van der Waals surface area contributed by atoms with Gasteiger partial charge in [0.25, 0.3) is 0 Å². The maximum absolute atomic E-state index is 12.4. The molecule has 0 aliphatic rings. The van der Waals surface area contributed by atoms with Gasteiger partial charge in [-0.15, -0.1) is 0 Å². The minimum atomic E-state index is -1.04. The summed E-state index contributed by atoms with van der Waals surface area (Å²) in [4.78, 5) is 35.4. The summed E-state index contributed by atoms with van der Waals surface area (Å²) >= 11 is 0. The number of aliphatic carboxylic acids is 1. The molecule has 0 fully saturated rings. The number of carbonyl (C=O) groups is 3. The zero-order chi connectivity index (χ0) is 21.4. The Morgan fingerprint density at radius 3 is 2.34 bits per heavy atom. The molecule has 0 atom stereocenters. The first-order valence-corrected chi connectivity index (χ1v) is 9.10. The van der Waals surface area contributed by atoms with Crippen LogP contribution >= 0.6 is 0 Å². The van der Waals surface area contributed by atoms with E-state index in [0.29, 0.717) is 0 Å². The standard InChI is InChI=1S/C22H24O7/c1-22(2,3)29-20(25)16(9-12-19(23)24)13-17-10-11-18(28-17)21(26)27-14-15-7-5-4-6-8-15/h4-8,10-11,13H,9,12,14H2,1-3H3,(H,23,24). The monoisotopic (exact) mass is 400 g/mol. The van der Waals surface area contributed by atoms with Crippen molar-refractivity contribution in [1.82, 2.24) is 0 Å². The topological polar surface area (TPSA) is 103 Å². The van der Waals surface area contributed by atoms with Crippen molar-refractivity contribution in [3.05, 3.63) is 65.1 Å². The highest BCUT2D eigenvalue weighted by atomic mass is 16.6. The Morgan fingerprint density at radius 2 is 1.72 bits per heavy atom. The molecule has 0 saturated heterocycles. The number of ether oxygens (including phenoxy) is 2. The summed E-state index contributed by atoms with van der Waals surface area (Å²) < 4.78 is 16.0. The Hall–Kier alpha value is -3.35. The number of carboxylic acids is 1. The average Bonchev–Trinajstić information content (AvgIpc) is 3.11. The molecule has 1 heterocycles. The van der Waals surface area contributed by atoms with E-state index in [1.165, 1.54) is 18.2 Å². The second-order valence-corrected chi connectivity index (χ2v) is 7.33. The largest absolute Gasteiger partial charge is 0.481 e. The van der Waals surface area contributed by atoms with Crippen LogP contribution in [0.1, 0.15) is 55.5 Å². The molecule has 0 bridgehead atoms. The fraction of sp³-hybridized carbons (Fsp3) is 0.318. The van der Waals surface area contributed by atoms with E-state index in [1.54, 1.807) is 20.8 Å². The average molecular weight is 400 g/mol. The fourth-order valence-corrected chi connectivity index (χ4v) is 2.32. The van der Waals surface area contributed by atoms with Crippen LogP contribution in [0.15, 0.2) is 52.5 Å². The Kier molecular flexibility index (Phi) is 7.36. The van der Waals surface area contributed by atoms with Gasteiger partial charge in [0.2, 0.25) is 5.76 Å². The van der Waals surface area contributed by atoms with Gasteiger partial charge in [0.15, 0.2) is 0 Å². The van der Waals surface area contributed by atoms with E-state index in [4.69, 9.17) is 19.0 Å². The lowest BCUT2D eigenvalue weighted by Crippen LogP contribution is -2.25. The van der Waals surface area contributed by atoms with E-state index in [9.17, 15) is 14.4 Å². The molecule has 0 amide bonds. The van der Waals surface area contributed by atoms with Crippen LogP contribution in [0.4, 0.5) is 0 Å². The van der Waals surface area contributed by atoms with Gasteiger partial charge in [-0.2, -0.15) is 0 Å². The van der Waals surface area contributed by atoms with Crippen molar-refractivity contribution < 1.29 is 33.4 Å². The molecule has 1 N–H and O–H groups in total. The summed E-state index contributed by atoms with van der Waals surface area (Å²) in [5.41, 5.74) is 0.254. The van der Waals surface area contributed by atoms with Gasteiger partial charge in [-0.05, 0) is 51.0 Å². The SMILES string of the molecule is CC(C)(C)OC(=O)C(=Cc1ccc(C(=O)OCc2ccccc2)o1)CCC(=O)O. The van der Waals surface area contributed by atoms with Gasteiger partial charge in [-0.1, -0.05) is 30.3 Å². The van der Waals surface area contributed by atoms with Gasteiger partial charge in [-0.3, -0.25) is 4.79 Å². The molecule has 2 rings (SSSR count). The first-order valence-electron chi connectivity index (χ1n) is 9.10. The lowest BCUT2D eigenvalue weighted by molar-refractivity contribution is -0.150. The van der Waals surface area contributed by atoms with Crippen LogP contribution in [0.25, 0.3) is 6.08 Å². The van der Waals surface area contributed by atoms with Crippen LogP contribution in [0.5, 0.6) is 0 Å². The second-order valence-electron chi connectivity index (χ2n) is 7.33. The summed E-state index contributed by atoms with van der Waals surface area (Å²) in [5, 5.41) is 8.91. The van der Waals surface area contributed by atoms with Crippen molar-refractivity contribution in [3.63, 3.8) is 0 Å². The molecule has 1 aromatic heterocycles. The van der Waals surface area contributed by atoms with Gasteiger partial charge in [0, 0.05) is 12.0 Å². The summed E-state index contributed by atoms with van der Waals surface area (Å²) in [6.45, 7) is 5.25. The van der Waals surface area contributed by atoms with Gasteiger partial charge in [-0.25, -0.2) is 9.59 Å². The zero-order valence-corrected chi connectivity index (χ0v) is 16.6. The van der Waals surface area contributed by atoms with Crippen LogP contribution in [0.2, 0.25) is 0 Å². The van der Waals surface area contributed by atoms with E-state index in [0.717, 1.165) is 5.56 Å². The lowest BCUT2D eigenvalue weighted by Gasteiger charge is -2.20. The van der Waals surface area contributed by atoms with Crippen molar-refractivity contribution in [3.8, 4) is 0 Å². The number of esters is 2. The molecule has 0 saturated carbocycles. The third kappa shape index (κ3) is 7.65. The number of carboxylic acid groups (broad SMARTS) is 1. The minimum absolute atomic E-state index is 0.0195. The Bertz CT molecular complexity index is 885. The second kappa shape index (κ2) is 9.73. The van der Waals surface area contributed by atoms with E-state index in [-0.39, 0.29) is 36.5 Å². The normalized spacial score (nSPS) is 11.8. The number of benzene rings is 1. The van der Waals surface area contributed by atoms with Crippen LogP contribution < -0.4 is 0 Å². The molecule has 2 aromatic rings. The predicted octanol–water partition coefficient (Wildman–Crippen LogP) is 4.23. The van der Waals surface area contributed by atoms with Crippen molar-refractivity contribution in [2.24, 2.45) is 0 Å². The molecule has 29 heavy (non-hydrogen) atoms. The van der Waals surface area contributed by atoms with Crippen molar-refractivity contribution in [2.75, 3.05) is 0 Å². The fourth-order valence-electron chi connectivity index (χ4n) is 2.32. The number of carbonyl (C=O) groups excluding carboxylic acids is 2. The Labute approximate surface area is 168 Å². The molecule has 0 aliphatic carbocycles. The summed E-state index contributed by atoms with van der Waals surface area (Å²) in [7, 11) is 0. The first-order chi connectivity index (χ1) is 13.6. The molecular weight excluding hydrogens is 376 g/mol. The highest BCUT2D eigenvalue weighted by molar-refractivity contribution is 5.94. The van der Waals surface area contributed by atoms with Gasteiger partial charge in [0.1, 0.15) is 18.0 Å². The first kappa shape index (κ1) is 21.9. The maximum Gasteiger partial charge on any atom is 0.374 e. The zero-order valence-electron chi connectivity index (χ0n) is 16.6. The quantitative estimate of drug-likeness (QED) is 0.522. The predicted molar refractivity (Wildman–Crippen MR) is 105 cm³/mol. The highest BCUT2D eigenvalue weighted by Crippen LogP contribution is 2.20. The van der Waals surface area contributed by atoms with Crippen molar-refractivity contribution >= 4 is 24.0 Å². The lowest BCUT2D eigenvalue weighted by atomic mass is 10.1. The molecule has 0 spiro atoms. The highest BCUT2D eigenvalue weighted by Gasteiger charge is 2.21. The molecule has 7 heteroatoms. The van der Waals surface area contributed by atoms with E-state index < -0.39 is 23.5 Å². The maximum atomic E-state index is 12.4. The van der Waals surface area contributed by atoms with Gasteiger partial charge in [0.05, 0.1) is 0 Å². The van der Waals surface area contributed by atoms with Crippen LogP contribution in [-0.2, 0) is 25.7 Å². The summed E-state index contributed by atoms with van der Waals surface area (Å²) in [5.74, 6) is -2.11. The van der Waals surface area contributed by atoms with Crippen LogP contribution in [0, 0.1) is 0 Å². The third-order valence-corrected chi connectivity index (χ3v) is 3.63. The molecule has 7 nitrogen and oxygen atoms in total. The van der Waals surface area contributed by atoms with Crippen molar-refractivity contribution in [1.29, 1.82) is 0 Å². The molecule has 0 radical (unpaired) electrons. The number of hydrogen-bond acceptors (Lipinski definition) is 6. The molecule has 154 valence electrons. The van der Waals surface area contributed by atoms with E-state index >= 15 is 0 Å². The van der Waals surface area contributed by atoms with E-state index in [1.807, 2.05) is 30.3 Å². The van der Waals surface area contributed by atoms with Gasteiger partial charge < -0.3 is 19.0 Å². The molecule has 0 aliphatic heterocycles. The smallest absolute Gasteiger partial charge is 0.374 e. The Balaban J connectivity index is 2.10. The number of furan rings is 1. The van der Waals surface area contributed by atoms with Crippen molar-refractivity contribution in [2.45, 2.75) is 45.8 Å². The summed E-state index contributed by atoms with van der Waals surface area (Å²) in [6, 6.07) is 12.2. The van der Waals surface area contributed by atoms with E-state index in [2.05, 4.69) is 0 Å². The number of rotatable bonds is 8. The Morgan fingerprint density at radius 1 is 1.03 bits per heavy atom. The molecule has 1 aromatic carbocycles. The van der Waals surface area contributed by atoms with Gasteiger partial charge >= 0.3 is 17.9 Å². The molecular formula is C22H24O7. The minimum Gasteiger partial charge on any atom is -0.481 e. The third-order valence-electron chi connectivity index (χ3n) is 3.63. The summed E-state index contributed by atoms with van der Waals surface area (Å²) in [6.07, 6.45) is 1.11. The van der Waals surface area contributed by atoms with Crippen LogP contribution in [0.3, 0.4) is 0 Å². The number of hydrogen-bond donors (Lipinski definition) is 1. The van der Waals surface area contributed by atoms with Crippen LogP contribution in [-0.4, -0.2) is 28.6 Å². The molecule has 0 unspecified atom stereocenters.